The van der Waals surface area contributed by atoms with Gasteiger partial charge in [-0.25, -0.2) is 8.42 Å². The Kier molecular flexibility index (Phi) is 5.02. The van der Waals surface area contributed by atoms with Crippen LogP contribution in [0.3, 0.4) is 0 Å². The van der Waals surface area contributed by atoms with Crippen LogP contribution < -0.4 is 9.04 Å². The number of rotatable bonds is 4. The summed E-state index contributed by atoms with van der Waals surface area (Å²) >= 11 is 0. The maximum absolute atomic E-state index is 13.3. The Morgan fingerprint density at radius 3 is 2.39 bits per heavy atom. The van der Waals surface area contributed by atoms with E-state index in [1.807, 2.05) is 0 Å². The number of sulfonamides is 1. The summed E-state index contributed by atoms with van der Waals surface area (Å²) in [5.41, 5.74) is 0.457. The van der Waals surface area contributed by atoms with Crippen LogP contribution in [0, 0.1) is 0 Å². The molecule has 1 heterocycles. The molecule has 1 unspecified atom stereocenters. The van der Waals surface area contributed by atoms with Crippen LogP contribution in [0.25, 0.3) is 0 Å². The third-order valence-corrected chi connectivity index (χ3v) is 7.36. The Morgan fingerprint density at radius 1 is 1.04 bits per heavy atom. The Bertz CT molecular complexity index is 955. The molecule has 2 aliphatic rings. The number of amides is 1. The van der Waals surface area contributed by atoms with Gasteiger partial charge in [-0.05, 0) is 37.1 Å². The minimum Gasteiger partial charge on any atom is -0.476 e. The predicted octanol–water partition coefficient (Wildman–Crippen LogP) is 3.04. The highest BCUT2D eigenvalue weighted by atomic mass is 32.2. The number of fused-ring (bicyclic) bond motifs is 1. The van der Waals surface area contributed by atoms with Crippen molar-refractivity contribution in [1.29, 1.82) is 0 Å². The summed E-state index contributed by atoms with van der Waals surface area (Å²) in [6.07, 6.45) is 3.34. The van der Waals surface area contributed by atoms with E-state index in [2.05, 4.69) is 0 Å². The molecule has 0 saturated heterocycles. The van der Waals surface area contributed by atoms with Gasteiger partial charge < -0.3 is 9.64 Å². The molecule has 0 aromatic heterocycles. The molecule has 1 aliphatic heterocycles. The molecule has 6 nitrogen and oxygen atoms in total. The van der Waals surface area contributed by atoms with Crippen molar-refractivity contribution in [3.63, 3.8) is 0 Å². The fourth-order valence-electron chi connectivity index (χ4n) is 3.98. The largest absolute Gasteiger partial charge is 0.476 e. The number of carbonyl (C=O) groups is 1. The smallest absolute Gasteiger partial charge is 0.265 e. The van der Waals surface area contributed by atoms with Crippen LogP contribution in [0.4, 0.5) is 5.69 Å². The zero-order chi connectivity index (χ0) is 19.7. The van der Waals surface area contributed by atoms with Crippen LogP contribution in [0.5, 0.6) is 5.75 Å². The summed E-state index contributed by atoms with van der Waals surface area (Å²) in [6.45, 7) is -0.0376. The molecule has 1 atom stereocenters. The lowest BCUT2D eigenvalue weighted by atomic mass is 10.1. The lowest BCUT2D eigenvalue weighted by Crippen LogP contribution is -2.52. The molecule has 0 bridgehead atoms. The molecule has 4 rings (SSSR count). The van der Waals surface area contributed by atoms with Gasteiger partial charge in [0, 0.05) is 13.1 Å². The van der Waals surface area contributed by atoms with Gasteiger partial charge in [0.25, 0.3) is 15.9 Å². The van der Waals surface area contributed by atoms with Gasteiger partial charge in [-0.2, -0.15) is 0 Å². The number of likely N-dealkylation sites (N-methyl/N-ethyl adjacent to an activating group) is 1. The second-order valence-corrected chi connectivity index (χ2v) is 9.17. The van der Waals surface area contributed by atoms with Crippen molar-refractivity contribution in [2.45, 2.75) is 42.7 Å². The van der Waals surface area contributed by atoms with Crippen molar-refractivity contribution in [3.8, 4) is 5.75 Å². The summed E-state index contributed by atoms with van der Waals surface area (Å²) in [6, 6.07) is 15.4. The Morgan fingerprint density at radius 2 is 1.68 bits per heavy atom. The average Bonchev–Trinajstić information content (AvgIpc) is 3.27. The van der Waals surface area contributed by atoms with E-state index < -0.39 is 16.1 Å². The Labute approximate surface area is 165 Å². The fourth-order valence-corrected chi connectivity index (χ4v) is 5.47. The van der Waals surface area contributed by atoms with Gasteiger partial charge in [0.1, 0.15) is 5.75 Å². The summed E-state index contributed by atoms with van der Waals surface area (Å²) < 4.78 is 33.8. The van der Waals surface area contributed by atoms with Gasteiger partial charge >= 0.3 is 0 Å². The monoisotopic (exact) mass is 400 g/mol. The third-order valence-electron chi connectivity index (χ3n) is 5.56. The van der Waals surface area contributed by atoms with Gasteiger partial charge in [-0.1, -0.05) is 43.2 Å². The van der Waals surface area contributed by atoms with Crippen molar-refractivity contribution in [1.82, 2.24) is 4.90 Å². The van der Waals surface area contributed by atoms with Crippen molar-refractivity contribution in [2.24, 2.45) is 0 Å². The normalized spacial score (nSPS) is 19.8. The number of hydrogen-bond donors (Lipinski definition) is 0. The van der Waals surface area contributed by atoms with Crippen LogP contribution in [-0.4, -0.2) is 45.0 Å². The number of nitrogens with zero attached hydrogens (tertiary/aromatic N) is 2. The maximum atomic E-state index is 13.3. The molecular formula is C21H24N2O4S. The molecule has 1 saturated carbocycles. The SMILES string of the molecule is CN(C(=O)C1CN(S(=O)(=O)c2ccccc2)c2ccccc2O1)C1CCCC1. The van der Waals surface area contributed by atoms with Crippen molar-refractivity contribution < 1.29 is 17.9 Å². The summed E-state index contributed by atoms with van der Waals surface area (Å²) in [7, 11) is -2.01. The van der Waals surface area contributed by atoms with Gasteiger partial charge in [-0.15, -0.1) is 0 Å². The van der Waals surface area contributed by atoms with E-state index in [1.54, 1.807) is 66.5 Å². The zero-order valence-corrected chi connectivity index (χ0v) is 16.6. The highest BCUT2D eigenvalue weighted by Crippen LogP contribution is 2.37. The van der Waals surface area contributed by atoms with E-state index in [4.69, 9.17) is 4.74 Å². The van der Waals surface area contributed by atoms with Crippen molar-refractivity contribution >= 4 is 21.6 Å². The minimum atomic E-state index is -3.80. The lowest BCUT2D eigenvalue weighted by molar-refractivity contribution is -0.139. The van der Waals surface area contributed by atoms with E-state index in [0.29, 0.717) is 11.4 Å². The molecule has 148 valence electrons. The predicted molar refractivity (Wildman–Crippen MR) is 107 cm³/mol. The van der Waals surface area contributed by atoms with Crippen molar-refractivity contribution in [2.75, 3.05) is 17.9 Å². The van der Waals surface area contributed by atoms with Crippen molar-refractivity contribution in [3.05, 3.63) is 54.6 Å². The Balaban J connectivity index is 1.68. The molecule has 1 amide bonds. The summed E-state index contributed by atoms with van der Waals surface area (Å²) in [5.74, 6) is 0.237. The lowest BCUT2D eigenvalue weighted by Gasteiger charge is -2.37. The number of carbonyl (C=O) groups excluding carboxylic acids is 1. The quantitative estimate of drug-likeness (QED) is 0.791. The van der Waals surface area contributed by atoms with E-state index >= 15 is 0 Å². The molecule has 0 N–H and O–H groups in total. The molecule has 0 radical (unpaired) electrons. The van der Waals surface area contributed by atoms with Crippen LogP contribution in [0.15, 0.2) is 59.5 Å². The van der Waals surface area contributed by atoms with E-state index in [-0.39, 0.29) is 23.4 Å². The number of anilines is 1. The maximum Gasteiger partial charge on any atom is 0.265 e. The zero-order valence-electron chi connectivity index (χ0n) is 15.8. The van der Waals surface area contributed by atoms with E-state index in [0.717, 1.165) is 25.7 Å². The first kappa shape index (κ1) is 18.8. The average molecular weight is 401 g/mol. The highest BCUT2D eigenvalue weighted by molar-refractivity contribution is 7.92. The molecule has 0 spiro atoms. The Hall–Kier alpha value is -2.54. The van der Waals surface area contributed by atoms with Gasteiger partial charge in [0.05, 0.1) is 17.1 Å². The van der Waals surface area contributed by atoms with Gasteiger partial charge in [0.15, 0.2) is 6.10 Å². The van der Waals surface area contributed by atoms with Gasteiger partial charge in [0.2, 0.25) is 0 Å². The van der Waals surface area contributed by atoms with Crippen LogP contribution in [0.2, 0.25) is 0 Å². The molecule has 7 heteroatoms. The molecule has 2 aromatic rings. The van der Waals surface area contributed by atoms with E-state index in [1.165, 1.54) is 4.31 Å². The first-order chi connectivity index (χ1) is 13.5. The molecular weight excluding hydrogens is 376 g/mol. The van der Waals surface area contributed by atoms with E-state index in [9.17, 15) is 13.2 Å². The summed E-state index contributed by atoms with van der Waals surface area (Å²) in [5, 5.41) is 0. The standard InChI is InChI=1S/C21H24N2O4S/c1-22(16-9-5-6-10-16)21(24)20-15-23(18-13-7-8-14-19(18)27-20)28(25,26)17-11-3-2-4-12-17/h2-4,7-8,11-14,16,20H,5-6,9-10,15H2,1H3. The molecule has 1 aliphatic carbocycles. The number of ether oxygens (including phenoxy) is 1. The second kappa shape index (κ2) is 7.47. The topological polar surface area (TPSA) is 66.9 Å². The number of para-hydroxylation sites is 2. The second-order valence-electron chi connectivity index (χ2n) is 7.31. The highest BCUT2D eigenvalue weighted by Gasteiger charge is 2.39. The fraction of sp³-hybridized carbons (Fsp3) is 0.381. The summed E-state index contributed by atoms with van der Waals surface area (Å²) in [4.78, 5) is 15.0. The number of hydrogen-bond acceptors (Lipinski definition) is 4. The third kappa shape index (κ3) is 3.35. The molecule has 1 fully saturated rings. The minimum absolute atomic E-state index is 0.0376. The van der Waals surface area contributed by atoms with Crippen LogP contribution in [-0.2, 0) is 14.8 Å². The van der Waals surface area contributed by atoms with Crippen LogP contribution in [0.1, 0.15) is 25.7 Å². The first-order valence-electron chi connectivity index (χ1n) is 9.58. The molecule has 28 heavy (non-hydrogen) atoms. The van der Waals surface area contributed by atoms with Gasteiger partial charge in [-0.3, -0.25) is 9.10 Å². The molecule has 2 aromatic carbocycles. The van der Waals surface area contributed by atoms with Crippen LogP contribution >= 0.6 is 0 Å². The number of benzene rings is 2. The first-order valence-corrected chi connectivity index (χ1v) is 11.0.